The van der Waals surface area contributed by atoms with Crippen LogP contribution in [0, 0.1) is 5.82 Å². The molecule has 0 atom stereocenters. The first-order chi connectivity index (χ1) is 16.9. The van der Waals surface area contributed by atoms with Gasteiger partial charge in [0.2, 0.25) is 0 Å². The van der Waals surface area contributed by atoms with Crippen LogP contribution in [0.3, 0.4) is 0 Å². The summed E-state index contributed by atoms with van der Waals surface area (Å²) in [6, 6.07) is 21.9. The molecule has 4 rings (SSSR count). The van der Waals surface area contributed by atoms with E-state index in [1.54, 1.807) is 48.5 Å². The fourth-order valence-corrected chi connectivity index (χ4v) is 3.30. The van der Waals surface area contributed by atoms with Gasteiger partial charge in [-0.15, -0.1) is 0 Å². The summed E-state index contributed by atoms with van der Waals surface area (Å²) >= 11 is 5.88. The zero-order valence-corrected chi connectivity index (χ0v) is 18.8. The average molecular weight is 490 g/mol. The summed E-state index contributed by atoms with van der Waals surface area (Å²) in [5.74, 6) is -2.89. The largest absolute Gasteiger partial charge is 0.422 e. The van der Waals surface area contributed by atoms with E-state index in [-0.39, 0.29) is 11.4 Å². The maximum atomic E-state index is 13.0. The number of nitrogens with zero attached hydrogens (tertiary/aromatic N) is 1. The molecule has 0 aliphatic carbocycles. The van der Waals surface area contributed by atoms with Crippen LogP contribution in [0.4, 0.5) is 10.1 Å². The van der Waals surface area contributed by atoms with Gasteiger partial charge in [0, 0.05) is 16.3 Å². The molecular formula is C26H17ClFN3O4. The quantitative estimate of drug-likeness (QED) is 0.136. The zero-order valence-electron chi connectivity index (χ0n) is 18.0. The minimum Gasteiger partial charge on any atom is -0.422 e. The first-order valence-electron chi connectivity index (χ1n) is 10.3. The smallest absolute Gasteiger partial charge is 0.343 e. The Morgan fingerprint density at radius 1 is 0.857 bits per heavy atom. The van der Waals surface area contributed by atoms with Crippen LogP contribution in [-0.2, 0) is 9.59 Å². The summed E-state index contributed by atoms with van der Waals surface area (Å²) in [6.45, 7) is 0. The lowest BCUT2D eigenvalue weighted by molar-refractivity contribution is -0.136. The van der Waals surface area contributed by atoms with Gasteiger partial charge in [0.05, 0.1) is 11.8 Å². The normalized spacial score (nSPS) is 10.8. The van der Waals surface area contributed by atoms with Crippen LogP contribution in [0.15, 0.2) is 90.0 Å². The lowest BCUT2D eigenvalue weighted by Crippen LogP contribution is -2.32. The van der Waals surface area contributed by atoms with E-state index >= 15 is 0 Å². The zero-order chi connectivity index (χ0) is 24.8. The number of amides is 2. The number of ether oxygens (including phenoxy) is 1. The molecule has 2 amide bonds. The molecule has 7 nitrogen and oxygen atoms in total. The van der Waals surface area contributed by atoms with Crippen molar-refractivity contribution in [2.45, 2.75) is 0 Å². The summed E-state index contributed by atoms with van der Waals surface area (Å²) in [5.41, 5.74) is 3.11. The number of esters is 1. The van der Waals surface area contributed by atoms with Gasteiger partial charge in [-0.25, -0.2) is 14.6 Å². The second-order valence-corrected chi connectivity index (χ2v) is 7.69. The van der Waals surface area contributed by atoms with Crippen LogP contribution in [0.25, 0.3) is 10.8 Å². The minimum absolute atomic E-state index is 0.206. The van der Waals surface area contributed by atoms with Crippen LogP contribution in [0.1, 0.15) is 15.9 Å². The Balaban J connectivity index is 1.53. The standard InChI is InChI=1S/C26H17ClFN3O4/c27-18-8-5-17(6-9-18)26(34)35-23-14-7-16-3-1-2-4-21(16)22(23)15-29-31-25(33)24(32)30-20-12-10-19(28)11-13-20/h1-15H,(H,30,32)(H,31,33)/b29-15+. The van der Waals surface area contributed by atoms with Gasteiger partial charge in [0.1, 0.15) is 11.6 Å². The number of hydrazone groups is 1. The van der Waals surface area contributed by atoms with Crippen LogP contribution < -0.4 is 15.5 Å². The first kappa shape index (κ1) is 23.6. The predicted molar refractivity (Wildman–Crippen MR) is 131 cm³/mol. The van der Waals surface area contributed by atoms with Crippen molar-refractivity contribution in [3.63, 3.8) is 0 Å². The van der Waals surface area contributed by atoms with E-state index in [9.17, 15) is 18.8 Å². The third-order valence-corrected chi connectivity index (χ3v) is 5.13. The maximum Gasteiger partial charge on any atom is 0.343 e. The van der Waals surface area contributed by atoms with E-state index in [0.29, 0.717) is 21.5 Å². The number of fused-ring (bicyclic) bond motifs is 1. The average Bonchev–Trinajstić information content (AvgIpc) is 2.86. The topological polar surface area (TPSA) is 96.9 Å². The molecule has 0 fully saturated rings. The number of carbonyl (C=O) groups is 3. The highest BCUT2D eigenvalue weighted by molar-refractivity contribution is 6.39. The summed E-state index contributed by atoms with van der Waals surface area (Å²) in [5, 5.41) is 8.25. The van der Waals surface area contributed by atoms with E-state index in [1.165, 1.54) is 18.3 Å². The van der Waals surface area contributed by atoms with Crippen molar-refractivity contribution in [2.75, 3.05) is 5.32 Å². The second-order valence-electron chi connectivity index (χ2n) is 7.26. The van der Waals surface area contributed by atoms with Gasteiger partial charge in [-0.3, -0.25) is 9.59 Å². The number of hydrogen-bond donors (Lipinski definition) is 2. The molecule has 9 heteroatoms. The van der Waals surface area contributed by atoms with Crippen LogP contribution in [-0.4, -0.2) is 24.0 Å². The molecule has 174 valence electrons. The Bertz CT molecular complexity index is 1440. The highest BCUT2D eigenvalue weighted by atomic mass is 35.5. The number of anilines is 1. The van der Waals surface area contributed by atoms with Gasteiger partial charge >= 0.3 is 17.8 Å². The monoisotopic (exact) mass is 489 g/mol. The van der Waals surface area contributed by atoms with Gasteiger partial charge in [-0.1, -0.05) is 41.9 Å². The van der Waals surface area contributed by atoms with Crippen molar-refractivity contribution in [3.8, 4) is 5.75 Å². The van der Waals surface area contributed by atoms with Gasteiger partial charge in [0.15, 0.2) is 0 Å². The third-order valence-electron chi connectivity index (χ3n) is 4.88. The van der Waals surface area contributed by atoms with Crippen LogP contribution in [0.2, 0.25) is 5.02 Å². The molecule has 2 N–H and O–H groups in total. The molecule has 0 aromatic heterocycles. The number of nitrogens with one attached hydrogen (secondary N) is 2. The highest BCUT2D eigenvalue weighted by Crippen LogP contribution is 2.27. The molecule has 0 saturated carbocycles. The molecular weight excluding hydrogens is 473 g/mol. The minimum atomic E-state index is -1.04. The molecule has 4 aromatic rings. The molecule has 35 heavy (non-hydrogen) atoms. The Morgan fingerprint density at radius 2 is 1.57 bits per heavy atom. The molecule has 0 bridgehead atoms. The van der Waals surface area contributed by atoms with Gasteiger partial charge in [-0.05, 0) is 65.4 Å². The summed E-state index contributed by atoms with van der Waals surface area (Å²) in [4.78, 5) is 36.8. The maximum absolute atomic E-state index is 13.0. The lowest BCUT2D eigenvalue weighted by atomic mass is 10.0. The lowest BCUT2D eigenvalue weighted by Gasteiger charge is -2.10. The Labute approximate surface area is 204 Å². The molecule has 0 aliphatic rings. The molecule has 0 heterocycles. The second kappa shape index (κ2) is 10.6. The Hall–Kier alpha value is -4.56. The van der Waals surface area contributed by atoms with Crippen molar-refractivity contribution < 1.29 is 23.5 Å². The summed E-state index contributed by atoms with van der Waals surface area (Å²) in [7, 11) is 0. The number of hydrogen-bond acceptors (Lipinski definition) is 5. The molecule has 0 radical (unpaired) electrons. The van der Waals surface area contributed by atoms with Gasteiger partial charge in [-0.2, -0.15) is 5.10 Å². The number of halogens is 2. The molecule has 0 unspecified atom stereocenters. The molecule has 4 aromatic carbocycles. The highest BCUT2D eigenvalue weighted by Gasteiger charge is 2.15. The van der Waals surface area contributed by atoms with Crippen LogP contribution in [0.5, 0.6) is 5.75 Å². The number of carbonyl (C=O) groups excluding carboxylic acids is 3. The van der Waals surface area contributed by atoms with Gasteiger partial charge < -0.3 is 10.1 Å². The van der Waals surface area contributed by atoms with Crippen molar-refractivity contribution in [1.29, 1.82) is 0 Å². The predicted octanol–water partition coefficient (Wildman–Crippen LogP) is 4.94. The van der Waals surface area contributed by atoms with E-state index in [4.69, 9.17) is 16.3 Å². The molecule has 0 saturated heterocycles. The molecule has 0 aliphatic heterocycles. The third kappa shape index (κ3) is 5.87. The van der Waals surface area contributed by atoms with E-state index in [0.717, 1.165) is 17.5 Å². The Morgan fingerprint density at radius 3 is 2.31 bits per heavy atom. The van der Waals surface area contributed by atoms with Gasteiger partial charge in [0.25, 0.3) is 0 Å². The number of rotatable bonds is 5. The van der Waals surface area contributed by atoms with Crippen molar-refractivity contribution in [1.82, 2.24) is 5.43 Å². The molecule has 0 spiro atoms. The fraction of sp³-hybridized carbons (Fsp3) is 0. The SMILES string of the molecule is O=C(N/N=C/c1c(OC(=O)c2ccc(Cl)cc2)ccc2ccccc12)C(=O)Nc1ccc(F)cc1. The summed E-state index contributed by atoms with van der Waals surface area (Å²) < 4.78 is 18.6. The fourth-order valence-electron chi connectivity index (χ4n) is 3.17. The van der Waals surface area contributed by atoms with E-state index in [1.807, 2.05) is 12.1 Å². The Kier molecular flexibility index (Phi) is 7.13. The summed E-state index contributed by atoms with van der Waals surface area (Å²) in [6.07, 6.45) is 1.29. The van der Waals surface area contributed by atoms with Crippen molar-refractivity contribution >= 4 is 52.1 Å². The van der Waals surface area contributed by atoms with Crippen molar-refractivity contribution in [2.24, 2.45) is 5.10 Å². The van der Waals surface area contributed by atoms with E-state index < -0.39 is 23.6 Å². The van der Waals surface area contributed by atoms with Crippen LogP contribution >= 0.6 is 11.6 Å². The number of benzene rings is 4. The van der Waals surface area contributed by atoms with E-state index in [2.05, 4.69) is 15.8 Å². The first-order valence-corrected chi connectivity index (χ1v) is 10.7. The van der Waals surface area contributed by atoms with Crippen molar-refractivity contribution in [3.05, 3.63) is 107 Å².